The molecule has 4 aromatic carbocycles. The monoisotopic (exact) mass is 1280 g/mol. The highest BCUT2D eigenvalue weighted by molar-refractivity contribution is 7.92. The second-order valence-corrected chi connectivity index (χ2v) is 28.7. The molecule has 8 atom stereocenters. The number of ether oxygens (including phenoxy) is 1. The Morgan fingerprint density at radius 2 is 0.966 bits per heavy atom. The molecule has 1 N–H and O–H groups in total. The molecule has 0 aromatic heterocycles. The van der Waals surface area contributed by atoms with E-state index in [2.05, 4.69) is 0 Å². The Hall–Kier alpha value is -6.21. The molecule has 0 spiro atoms. The Morgan fingerprint density at radius 1 is 0.575 bits per heavy atom. The van der Waals surface area contributed by atoms with Crippen LogP contribution >= 0.6 is 0 Å². The van der Waals surface area contributed by atoms with E-state index in [0.29, 0.717) is 13.8 Å². The molecule has 2 heterocycles. The number of carbonyl (C=O) groups is 5. The summed E-state index contributed by atoms with van der Waals surface area (Å²) in [6.07, 6.45) is -11.3. The number of Topliss-reactive ketones (excluding diaryl/α,β-unsaturated/α-hetero) is 2. The number of amides is 2. The van der Waals surface area contributed by atoms with Crippen molar-refractivity contribution in [3.63, 3.8) is 0 Å². The molecule has 25 heteroatoms. The number of hydrogen-bond donors (Lipinski definition) is 1. The Labute approximate surface area is 509 Å². The van der Waals surface area contributed by atoms with Gasteiger partial charge in [0.1, 0.15) is 38.3 Å². The predicted octanol–water partition coefficient (Wildman–Crippen LogP) is 10.9. The lowest BCUT2D eigenvalue weighted by atomic mass is 9.71. The molecule has 472 valence electrons. The number of benzene rings is 4. The summed E-state index contributed by atoms with van der Waals surface area (Å²) in [5.41, 5.74) is -11.5. The van der Waals surface area contributed by atoms with Crippen LogP contribution in [0.15, 0.2) is 94.7 Å². The molecular formula is C62H66F10N2O11S2. The molecule has 87 heavy (non-hydrogen) atoms. The minimum atomic E-state index is -5.26. The minimum absolute atomic E-state index is 0.00103. The van der Waals surface area contributed by atoms with Crippen LogP contribution in [-0.4, -0.2) is 111 Å². The number of alkyl halides is 8. The molecule has 2 amide bonds. The molecule has 0 bridgehead atoms. The molecule has 4 fully saturated rings. The van der Waals surface area contributed by atoms with Gasteiger partial charge in [0, 0.05) is 58.6 Å². The summed E-state index contributed by atoms with van der Waals surface area (Å²) in [5, 5.41) is 10.8. The first-order valence-electron chi connectivity index (χ1n) is 32.2. The maximum atomic E-state index is 15.0. The number of esters is 1. The largest absolute Gasteiger partial charge is 0.455 e. The number of fused-ring (bicyclic) bond motifs is 6. The molecule has 10 rings (SSSR count). The zero-order valence-electron chi connectivity index (χ0n) is 55.7. The van der Waals surface area contributed by atoms with Crippen molar-refractivity contribution in [1.82, 2.24) is 9.80 Å². The van der Waals surface area contributed by atoms with Gasteiger partial charge in [-0.2, -0.15) is 26.3 Å². The number of likely N-dealkylation sites (tertiary alicyclic amines) is 2. The third-order valence-electron chi connectivity index (χ3n) is 18.9. The summed E-state index contributed by atoms with van der Waals surface area (Å²) in [7, 11) is -8.79. The van der Waals surface area contributed by atoms with Crippen LogP contribution in [0.5, 0.6) is 0 Å². The molecule has 13 nitrogen and oxygen atoms in total. The van der Waals surface area contributed by atoms with E-state index < -0.39 is 180 Å². The van der Waals surface area contributed by atoms with Crippen LogP contribution in [0.3, 0.4) is 0 Å². The summed E-state index contributed by atoms with van der Waals surface area (Å²) in [6.45, 7) is -10.2. The first-order chi connectivity index (χ1) is 43.9. The molecule has 4 aliphatic carbocycles. The fourth-order valence-corrected chi connectivity index (χ4v) is 19.6. The van der Waals surface area contributed by atoms with Gasteiger partial charge in [-0.25, -0.2) is 34.4 Å². The maximum Gasteiger partial charge on any atom is 0.426 e. The van der Waals surface area contributed by atoms with Gasteiger partial charge in [-0.3, -0.25) is 24.0 Å². The fraction of sp³-hybridized carbons (Fsp3) is 0.532. The Kier molecular flexibility index (Phi) is 14.0. The average molecular weight is 1280 g/mol. The molecule has 6 aliphatic rings. The number of ketones is 2. The highest BCUT2D eigenvalue weighted by atomic mass is 32.2. The van der Waals surface area contributed by atoms with Gasteiger partial charge in [-0.15, -0.1) is 0 Å². The van der Waals surface area contributed by atoms with E-state index in [1.807, 2.05) is 0 Å². The second-order valence-electron chi connectivity index (χ2n) is 24.3. The van der Waals surface area contributed by atoms with Crippen LogP contribution in [0.25, 0.3) is 0 Å². The average Bonchev–Trinajstić information content (AvgIpc) is 1.44. The van der Waals surface area contributed by atoms with Crippen LogP contribution in [0.1, 0.15) is 144 Å². The van der Waals surface area contributed by atoms with Crippen molar-refractivity contribution in [1.29, 1.82) is 0 Å². The van der Waals surface area contributed by atoms with Crippen LogP contribution in [0.2, 0.25) is 0 Å². The van der Waals surface area contributed by atoms with Crippen molar-refractivity contribution >= 4 is 49.0 Å². The third kappa shape index (κ3) is 11.5. The van der Waals surface area contributed by atoms with Gasteiger partial charge in [0.05, 0.1) is 36.0 Å². The van der Waals surface area contributed by atoms with Gasteiger partial charge in [0.15, 0.2) is 25.3 Å². The molecular weight excluding hydrogens is 1200 g/mol. The van der Waals surface area contributed by atoms with Gasteiger partial charge < -0.3 is 19.6 Å². The number of carbonyl (C=O) groups excluding carboxylic acids is 5. The van der Waals surface area contributed by atoms with Crippen molar-refractivity contribution in [2.24, 2.45) is 23.7 Å². The number of β-amino-alcohol motifs (C(OH)–C–C–N with tert-alkyl or cyclic N) is 1. The van der Waals surface area contributed by atoms with Crippen molar-refractivity contribution in [3.8, 4) is 0 Å². The van der Waals surface area contributed by atoms with Gasteiger partial charge >= 0.3 is 18.3 Å². The summed E-state index contributed by atoms with van der Waals surface area (Å²) in [5.74, 6) is -9.19. The van der Waals surface area contributed by atoms with Gasteiger partial charge in [0.2, 0.25) is 23.2 Å². The summed E-state index contributed by atoms with van der Waals surface area (Å²) in [6, 6.07) is 14.5. The van der Waals surface area contributed by atoms with E-state index in [-0.39, 0.29) is 116 Å². The van der Waals surface area contributed by atoms with E-state index in [0.717, 1.165) is 82.6 Å². The standard InChI is InChI=1S/C32H34F5NO6S.C30H32F5NO5S/c1-19(39)38-17-30(18-38,44-20(2)40)16-25(41)15-22-12-13-31(45(42,43)26-8-6-24(33)7-9-26)27(22)10-4-21-14-23(5-11-28(21)31)29(3,34)32(35,36)37;1-18(37)36-16-28(39,17-36)15-23(38)14-20-11-12-29(42(40,41)24-7-5-22(31)6-8-24)25(20)9-3-19-13-21(4-10-26(19)29)27(2,32)30(33,34)35/h5-9,11,14,22,27H,4,10,12-13,15-18H2,1-3H3;4-8,10,13,20,25,39H,3,9,11-12,14-17H2,1-2H3/t22-,27-,29?,31-;20-,25-,27?,29-/m00/s1/i1D3,2D3;1D3. The van der Waals surface area contributed by atoms with Crippen LogP contribution in [0.4, 0.5) is 43.9 Å². The van der Waals surface area contributed by atoms with Gasteiger partial charge in [-0.1, -0.05) is 36.4 Å². The Balaban J connectivity index is 0.000000227. The molecule has 2 unspecified atom stereocenters. The Morgan fingerprint density at radius 3 is 1.34 bits per heavy atom. The van der Waals surface area contributed by atoms with E-state index in [1.54, 1.807) is 0 Å². The van der Waals surface area contributed by atoms with Crippen LogP contribution in [0, 0.1) is 35.3 Å². The quantitative estimate of drug-likeness (QED) is 0.0677. The second kappa shape index (κ2) is 22.7. The lowest BCUT2D eigenvalue weighted by Gasteiger charge is -2.48. The first kappa shape index (κ1) is 53.8. The van der Waals surface area contributed by atoms with Crippen molar-refractivity contribution in [2.45, 2.75) is 166 Å². The molecule has 0 radical (unpaired) electrons. The number of halogens is 10. The highest BCUT2D eigenvalue weighted by Crippen LogP contribution is 2.62. The fourth-order valence-electron chi connectivity index (χ4n) is 14.6. The summed E-state index contributed by atoms with van der Waals surface area (Å²) >= 11 is 0. The number of sulfone groups is 2. The Bertz CT molecular complexity index is 3970. The lowest BCUT2D eigenvalue weighted by molar-refractivity contribution is -0.229. The molecule has 4 aromatic rings. The van der Waals surface area contributed by atoms with E-state index in [9.17, 15) is 85.4 Å². The zero-order chi connectivity index (χ0) is 71.5. The molecule has 2 saturated carbocycles. The van der Waals surface area contributed by atoms with Gasteiger partial charge in [-0.05, 0) is 171 Å². The summed E-state index contributed by atoms with van der Waals surface area (Å²) in [4.78, 5) is 64.7. The third-order valence-corrected chi connectivity index (χ3v) is 24.0. The number of aliphatic hydroxyl groups is 1. The zero-order valence-corrected chi connectivity index (χ0v) is 48.4. The SMILES string of the molecule is [2H]C([2H])([2H])C(=O)N1CC(O)(CC(=O)C[C@@H]2CC[C@@]3(S(=O)(=O)c4ccc(F)cc4)c4ccc(C(C)(F)C(F)(F)F)cc4CC[C@@H]23)C1.[2H]C([2H])([2H])C(=O)OC1(CC(=O)C[C@@H]2CC[C@@]3(S(=O)(=O)c4ccc(F)cc4)c4ccc(C(C)(F)C(F)(F)F)cc4CC[C@@H]23)CN(C(=O)C([2H])([2H])[2H])C1. The number of nitrogens with zero attached hydrogens (tertiary/aromatic N) is 2. The topological polar surface area (TPSA) is 190 Å². The van der Waals surface area contributed by atoms with E-state index in [4.69, 9.17) is 17.1 Å². The lowest BCUT2D eigenvalue weighted by Crippen LogP contribution is -2.65. The van der Waals surface area contributed by atoms with Crippen LogP contribution in [-0.2, 0) is 82.1 Å². The van der Waals surface area contributed by atoms with Crippen molar-refractivity contribution < 1.29 is 107 Å². The van der Waals surface area contributed by atoms with Crippen LogP contribution < -0.4 is 0 Å². The number of rotatable bonds is 15. The number of hydrogen-bond acceptors (Lipinski definition) is 11. The van der Waals surface area contributed by atoms with E-state index in [1.165, 1.54) is 12.1 Å². The minimum Gasteiger partial charge on any atom is -0.455 e. The highest BCUT2D eigenvalue weighted by Gasteiger charge is 2.64. The normalized spacial score (nSPS) is 27.9. The maximum absolute atomic E-state index is 15.0. The predicted molar refractivity (Wildman–Crippen MR) is 294 cm³/mol. The van der Waals surface area contributed by atoms with Gasteiger partial charge in [0.25, 0.3) is 0 Å². The van der Waals surface area contributed by atoms with Crippen molar-refractivity contribution in [2.75, 3.05) is 26.2 Å². The molecule has 2 aliphatic heterocycles. The first-order valence-corrected chi connectivity index (χ1v) is 30.7. The van der Waals surface area contributed by atoms with Crippen molar-refractivity contribution in [3.05, 3.63) is 130 Å². The number of aryl methyl sites for hydroxylation is 2. The van der Waals surface area contributed by atoms with E-state index >= 15 is 4.39 Å². The summed E-state index contributed by atoms with van der Waals surface area (Å²) < 4.78 is 264. The smallest absolute Gasteiger partial charge is 0.426 e. The molecule has 2 saturated heterocycles.